The first-order chi connectivity index (χ1) is 7.09. The zero-order valence-corrected chi connectivity index (χ0v) is 8.02. The number of carboxylic acid groups (broad SMARTS) is 1. The van der Waals surface area contributed by atoms with Crippen LogP contribution in [0.4, 0.5) is 0 Å². The zero-order chi connectivity index (χ0) is 11.0. The van der Waals surface area contributed by atoms with Crippen LogP contribution in [0, 0.1) is 6.92 Å². The third-order valence-electron chi connectivity index (χ3n) is 2.15. The molecule has 0 radical (unpaired) electrons. The van der Waals surface area contributed by atoms with Gasteiger partial charge in [0, 0.05) is 6.20 Å². The average molecular weight is 207 g/mol. The first-order valence-electron chi connectivity index (χ1n) is 4.34. The van der Waals surface area contributed by atoms with E-state index in [0.717, 1.165) is 10.1 Å². The number of carboxylic acids is 1. The van der Waals surface area contributed by atoms with E-state index in [9.17, 15) is 9.59 Å². The lowest BCUT2D eigenvalue weighted by molar-refractivity contribution is -0.137. The topological polar surface area (TPSA) is 88.0 Å². The van der Waals surface area contributed by atoms with Gasteiger partial charge in [-0.2, -0.15) is 0 Å². The molecule has 0 bridgehead atoms. The summed E-state index contributed by atoms with van der Waals surface area (Å²) < 4.78 is 1.06. The standard InChI is InChI=1S/C9H9N3O3/c1-5-2-10-8-7(5)11-4-12(9(8)15)3-6(13)14/h2,4,10H,3H2,1H3,(H,13,14). The lowest BCUT2D eigenvalue weighted by Gasteiger charge is -2.00. The Labute approximate surface area is 84.2 Å². The number of nitrogens with zero attached hydrogens (tertiary/aromatic N) is 2. The van der Waals surface area contributed by atoms with Gasteiger partial charge in [0.1, 0.15) is 12.1 Å². The van der Waals surface area contributed by atoms with Crippen molar-refractivity contribution in [2.24, 2.45) is 0 Å². The van der Waals surface area contributed by atoms with Crippen molar-refractivity contribution in [3.63, 3.8) is 0 Å². The number of hydrogen-bond donors (Lipinski definition) is 2. The van der Waals surface area contributed by atoms with E-state index in [1.807, 2.05) is 6.92 Å². The molecule has 0 saturated heterocycles. The summed E-state index contributed by atoms with van der Waals surface area (Å²) in [6.07, 6.45) is 2.92. The molecule has 0 spiro atoms. The highest BCUT2D eigenvalue weighted by Crippen LogP contribution is 2.09. The van der Waals surface area contributed by atoms with E-state index < -0.39 is 5.97 Å². The third-order valence-corrected chi connectivity index (χ3v) is 2.15. The number of fused-ring (bicyclic) bond motifs is 1. The first-order valence-corrected chi connectivity index (χ1v) is 4.34. The molecule has 0 unspecified atom stereocenters. The minimum Gasteiger partial charge on any atom is -0.480 e. The molecule has 0 aliphatic heterocycles. The van der Waals surface area contributed by atoms with E-state index in [2.05, 4.69) is 9.97 Å². The maximum atomic E-state index is 11.7. The molecule has 2 aromatic rings. The van der Waals surface area contributed by atoms with Gasteiger partial charge in [-0.1, -0.05) is 0 Å². The molecule has 2 heterocycles. The summed E-state index contributed by atoms with van der Waals surface area (Å²) >= 11 is 0. The molecular weight excluding hydrogens is 198 g/mol. The molecule has 0 atom stereocenters. The van der Waals surface area contributed by atoms with Gasteiger partial charge in [-0.05, 0) is 12.5 Å². The molecule has 2 N–H and O–H groups in total. The van der Waals surface area contributed by atoms with Gasteiger partial charge < -0.3 is 10.1 Å². The molecule has 6 heteroatoms. The number of H-pyrrole nitrogens is 1. The second-order valence-corrected chi connectivity index (χ2v) is 3.27. The lowest BCUT2D eigenvalue weighted by Crippen LogP contribution is -2.24. The molecule has 0 amide bonds. The first kappa shape index (κ1) is 9.45. The summed E-state index contributed by atoms with van der Waals surface area (Å²) in [5.74, 6) is -1.07. The van der Waals surface area contributed by atoms with E-state index in [-0.39, 0.29) is 12.1 Å². The van der Waals surface area contributed by atoms with Crippen molar-refractivity contribution >= 4 is 17.0 Å². The van der Waals surface area contributed by atoms with Crippen LogP contribution >= 0.6 is 0 Å². The molecule has 2 aromatic heterocycles. The molecule has 0 aromatic carbocycles. The van der Waals surface area contributed by atoms with Gasteiger partial charge in [0.25, 0.3) is 5.56 Å². The van der Waals surface area contributed by atoms with Crippen LogP contribution < -0.4 is 5.56 Å². The number of aromatic amines is 1. The molecular formula is C9H9N3O3. The quantitative estimate of drug-likeness (QED) is 0.731. The summed E-state index contributed by atoms with van der Waals surface area (Å²) in [4.78, 5) is 29.0. The van der Waals surface area contributed by atoms with Gasteiger partial charge in [-0.3, -0.25) is 14.2 Å². The van der Waals surface area contributed by atoms with Crippen LogP contribution in [0.3, 0.4) is 0 Å². The van der Waals surface area contributed by atoms with Crippen molar-refractivity contribution in [1.82, 2.24) is 14.5 Å². The number of hydrogen-bond acceptors (Lipinski definition) is 3. The van der Waals surface area contributed by atoms with E-state index in [4.69, 9.17) is 5.11 Å². The van der Waals surface area contributed by atoms with Gasteiger partial charge >= 0.3 is 5.97 Å². The van der Waals surface area contributed by atoms with Crippen molar-refractivity contribution in [3.05, 3.63) is 28.4 Å². The summed E-state index contributed by atoms with van der Waals surface area (Å²) in [5, 5.41) is 8.57. The molecule has 0 saturated carbocycles. The molecule has 2 rings (SSSR count). The minimum absolute atomic E-state index is 0.344. The van der Waals surface area contributed by atoms with Crippen molar-refractivity contribution in [3.8, 4) is 0 Å². The summed E-state index contributed by atoms with van der Waals surface area (Å²) in [7, 11) is 0. The van der Waals surface area contributed by atoms with Gasteiger partial charge in [-0.25, -0.2) is 4.98 Å². The second kappa shape index (κ2) is 3.23. The molecule has 6 nitrogen and oxygen atoms in total. The Bertz CT molecular complexity index is 582. The number of aromatic nitrogens is 3. The maximum Gasteiger partial charge on any atom is 0.323 e. The molecule has 0 aliphatic carbocycles. The zero-order valence-electron chi connectivity index (χ0n) is 8.02. The molecule has 15 heavy (non-hydrogen) atoms. The fraction of sp³-hybridized carbons (Fsp3) is 0.222. The van der Waals surface area contributed by atoms with Gasteiger partial charge in [0.15, 0.2) is 0 Å². The van der Waals surface area contributed by atoms with Crippen LogP contribution in [0.15, 0.2) is 17.3 Å². The molecule has 78 valence electrons. The Kier molecular flexibility index (Phi) is 2.03. The normalized spacial score (nSPS) is 10.7. The fourth-order valence-electron chi connectivity index (χ4n) is 1.43. The summed E-state index contributed by atoms with van der Waals surface area (Å²) in [6, 6.07) is 0. The van der Waals surface area contributed by atoms with E-state index >= 15 is 0 Å². The Morgan fingerprint density at radius 1 is 1.67 bits per heavy atom. The van der Waals surface area contributed by atoms with E-state index in [1.165, 1.54) is 6.33 Å². The number of aryl methyl sites for hydroxylation is 1. The van der Waals surface area contributed by atoms with Gasteiger partial charge in [0.2, 0.25) is 0 Å². The predicted molar refractivity (Wildman–Crippen MR) is 52.7 cm³/mol. The SMILES string of the molecule is Cc1c[nH]c2c(=O)n(CC(=O)O)cnc12. The predicted octanol–water partition coefficient (Wildman–Crippen LogP) is 0.118. The van der Waals surface area contributed by atoms with Crippen molar-refractivity contribution < 1.29 is 9.90 Å². The van der Waals surface area contributed by atoms with Crippen LogP contribution in [0.2, 0.25) is 0 Å². The van der Waals surface area contributed by atoms with E-state index in [0.29, 0.717) is 11.0 Å². The minimum atomic E-state index is -1.07. The van der Waals surface area contributed by atoms with Crippen LogP contribution in [0.5, 0.6) is 0 Å². The highest BCUT2D eigenvalue weighted by Gasteiger charge is 2.09. The monoisotopic (exact) mass is 207 g/mol. The van der Waals surface area contributed by atoms with Crippen LogP contribution in [-0.4, -0.2) is 25.6 Å². The molecule has 0 aliphatic rings. The lowest BCUT2D eigenvalue weighted by atomic mass is 10.3. The van der Waals surface area contributed by atoms with Crippen molar-refractivity contribution in [2.45, 2.75) is 13.5 Å². The number of carbonyl (C=O) groups is 1. The van der Waals surface area contributed by atoms with Gasteiger partial charge in [0.05, 0.1) is 11.8 Å². The highest BCUT2D eigenvalue weighted by atomic mass is 16.4. The number of rotatable bonds is 2. The Balaban J connectivity index is 2.66. The summed E-state index contributed by atoms with van der Waals surface area (Å²) in [6.45, 7) is 1.45. The Morgan fingerprint density at radius 3 is 3.07 bits per heavy atom. The fourth-order valence-corrected chi connectivity index (χ4v) is 1.43. The smallest absolute Gasteiger partial charge is 0.323 e. The van der Waals surface area contributed by atoms with Crippen LogP contribution in [0.25, 0.3) is 11.0 Å². The third kappa shape index (κ3) is 1.50. The Hall–Kier alpha value is -2.11. The highest BCUT2D eigenvalue weighted by molar-refractivity contribution is 5.77. The van der Waals surface area contributed by atoms with Crippen molar-refractivity contribution in [2.75, 3.05) is 0 Å². The van der Waals surface area contributed by atoms with Crippen molar-refractivity contribution in [1.29, 1.82) is 0 Å². The second-order valence-electron chi connectivity index (χ2n) is 3.27. The maximum absolute atomic E-state index is 11.7. The van der Waals surface area contributed by atoms with Crippen LogP contribution in [0.1, 0.15) is 5.56 Å². The Morgan fingerprint density at radius 2 is 2.40 bits per heavy atom. The number of aliphatic carboxylic acids is 1. The largest absolute Gasteiger partial charge is 0.480 e. The molecule has 0 fully saturated rings. The number of nitrogens with one attached hydrogen (secondary N) is 1. The average Bonchev–Trinajstić information content (AvgIpc) is 2.53. The van der Waals surface area contributed by atoms with Crippen LogP contribution in [-0.2, 0) is 11.3 Å². The van der Waals surface area contributed by atoms with E-state index in [1.54, 1.807) is 6.20 Å². The summed E-state index contributed by atoms with van der Waals surface area (Å²) in [5.41, 5.74) is 1.43. The van der Waals surface area contributed by atoms with Gasteiger partial charge in [-0.15, -0.1) is 0 Å².